The van der Waals surface area contributed by atoms with E-state index in [0.717, 1.165) is 25.6 Å². The monoisotopic (exact) mass is 286 g/mol. The van der Waals surface area contributed by atoms with Gasteiger partial charge in [-0.2, -0.15) is 0 Å². The van der Waals surface area contributed by atoms with Crippen LogP contribution < -0.4 is 5.32 Å². The number of nitrogens with zero attached hydrogens (tertiary/aromatic N) is 1. The van der Waals surface area contributed by atoms with E-state index >= 15 is 0 Å². The molecule has 1 saturated carbocycles. The third-order valence-corrected chi connectivity index (χ3v) is 5.99. The molecule has 0 radical (unpaired) electrons. The van der Waals surface area contributed by atoms with Crippen molar-refractivity contribution in [1.82, 2.24) is 10.2 Å². The van der Waals surface area contributed by atoms with Crippen molar-refractivity contribution in [2.45, 2.75) is 64.6 Å². The number of piperazine rings is 1. The summed E-state index contributed by atoms with van der Waals surface area (Å²) in [4.78, 5) is 2.77. The maximum Gasteiger partial charge on any atom is 0.0338 e. The van der Waals surface area contributed by atoms with Crippen LogP contribution in [-0.4, -0.2) is 29.1 Å². The number of rotatable bonds is 4. The normalized spacial score (nSPS) is 34.1. The van der Waals surface area contributed by atoms with E-state index in [4.69, 9.17) is 0 Å². The minimum Gasteiger partial charge on any atom is -0.308 e. The average Bonchev–Trinajstić information content (AvgIpc) is 3.31. The first-order valence-electron chi connectivity index (χ1n) is 8.51. The fourth-order valence-corrected chi connectivity index (χ4v) is 3.74. The van der Waals surface area contributed by atoms with E-state index in [-0.39, 0.29) is 5.54 Å². The average molecular weight is 286 g/mol. The van der Waals surface area contributed by atoms with Gasteiger partial charge in [-0.15, -0.1) is 0 Å². The molecule has 2 aliphatic rings. The molecular formula is C19H30N2. The van der Waals surface area contributed by atoms with Crippen LogP contribution in [0.4, 0.5) is 0 Å². The van der Waals surface area contributed by atoms with Crippen molar-refractivity contribution >= 4 is 0 Å². The van der Waals surface area contributed by atoms with E-state index < -0.39 is 0 Å². The quantitative estimate of drug-likeness (QED) is 0.907. The molecule has 0 aromatic heterocycles. The van der Waals surface area contributed by atoms with Crippen molar-refractivity contribution in [2.24, 2.45) is 5.92 Å². The number of hydrogen-bond acceptors (Lipinski definition) is 2. The SMILES string of the molecule is CCC1(C)CN(Cc2ccccc2C)C(C)(C2CC2)CN1. The minimum absolute atomic E-state index is 0.261. The van der Waals surface area contributed by atoms with Gasteiger partial charge in [-0.1, -0.05) is 31.2 Å². The molecule has 0 spiro atoms. The van der Waals surface area contributed by atoms with Gasteiger partial charge in [0, 0.05) is 30.7 Å². The second-order valence-corrected chi connectivity index (χ2v) is 7.68. The summed E-state index contributed by atoms with van der Waals surface area (Å²) in [7, 11) is 0. The van der Waals surface area contributed by atoms with Gasteiger partial charge in [0.1, 0.15) is 0 Å². The van der Waals surface area contributed by atoms with Gasteiger partial charge in [-0.3, -0.25) is 4.90 Å². The van der Waals surface area contributed by atoms with Gasteiger partial charge >= 0.3 is 0 Å². The Balaban J connectivity index is 1.85. The Hall–Kier alpha value is -0.860. The summed E-state index contributed by atoms with van der Waals surface area (Å²) >= 11 is 0. The Kier molecular flexibility index (Phi) is 3.87. The fraction of sp³-hybridized carbons (Fsp3) is 0.684. The maximum atomic E-state index is 3.85. The highest BCUT2D eigenvalue weighted by atomic mass is 15.3. The lowest BCUT2D eigenvalue weighted by molar-refractivity contribution is -0.00146. The molecule has 2 unspecified atom stereocenters. The number of benzene rings is 1. The van der Waals surface area contributed by atoms with E-state index in [1.165, 1.54) is 30.4 Å². The van der Waals surface area contributed by atoms with Crippen molar-refractivity contribution in [2.75, 3.05) is 13.1 Å². The number of aryl methyl sites for hydroxylation is 1. The molecule has 2 heteroatoms. The van der Waals surface area contributed by atoms with Crippen molar-refractivity contribution in [3.63, 3.8) is 0 Å². The van der Waals surface area contributed by atoms with Crippen LogP contribution >= 0.6 is 0 Å². The molecule has 0 bridgehead atoms. The molecule has 2 atom stereocenters. The molecule has 1 aliphatic carbocycles. The lowest BCUT2D eigenvalue weighted by atomic mass is 9.83. The Morgan fingerprint density at radius 3 is 2.57 bits per heavy atom. The zero-order valence-corrected chi connectivity index (χ0v) is 14.1. The molecule has 3 rings (SSSR count). The summed E-state index contributed by atoms with van der Waals surface area (Å²) in [6, 6.07) is 8.86. The Morgan fingerprint density at radius 1 is 1.24 bits per heavy atom. The molecule has 1 heterocycles. The van der Waals surface area contributed by atoms with Gasteiger partial charge in [0.15, 0.2) is 0 Å². The van der Waals surface area contributed by atoms with Gasteiger partial charge in [-0.25, -0.2) is 0 Å². The van der Waals surface area contributed by atoms with Crippen LogP contribution in [0, 0.1) is 12.8 Å². The summed E-state index contributed by atoms with van der Waals surface area (Å²) in [6.07, 6.45) is 4.01. The van der Waals surface area contributed by atoms with Crippen LogP contribution in [0.15, 0.2) is 24.3 Å². The molecule has 1 aromatic carbocycles. The molecule has 2 fully saturated rings. The lowest BCUT2D eigenvalue weighted by Gasteiger charge is -2.53. The van der Waals surface area contributed by atoms with E-state index in [1.54, 1.807) is 0 Å². The third kappa shape index (κ3) is 2.89. The molecule has 1 aromatic rings. The first kappa shape index (κ1) is 15.1. The van der Waals surface area contributed by atoms with Crippen LogP contribution in [0.1, 0.15) is 51.2 Å². The van der Waals surface area contributed by atoms with Crippen LogP contribution in [0.5, 0.6) is 0 Å². The predicted molar refractivity (Wildman–Crippen MR) is 89.4 cm³/mol. The lowest BCUT2D eigenvalue weighted by Crippen LogP contribution is -2.68. The summed E-state index contributed by atoms with van der Waals surface area (Å²) in [5.74, 6) is 0.885. The highest BCUT2D eigenvalue weighted by molar-refractivity contribution is 5.26. The van der Waals surface area contributed by atoms with Crippen LogP contribution in [-0.2, 0) is 6.54 Å². The minimum atomic E-state index is 0.261. The van der Waals surface area contributed by atoms with Crippen molar-refractivity contribution in [3.05, 3.63) is 35.4 Å². The second kappa shape index (κ2) is 5.40. The van der Waals surface area contributed by atoms with Crippen LogP contribution in [0.3, 0.4) is 0 Å². The van der Waals surface area contributed by atoms with E-state index in [0.29, 0.717) is 5.54 Å². The summed E-state index contributed by atoms with van der Waals surface area (Å²) in [5, 5.41) is 3.85. The van der Waals surface area contributed by atoms with Gasteiger partial charge in [0.2, 0.25) is 0 Å². The van der Waals surface area contributed by atoms with Crippen LogP contribution in [0.25, 0.3) is 0 Å². The van der Waals surface area contributed by atoms with Crippen LogP contribution in [0.2, 0.25) is 0 Å². The molecule has 2 nitrogen and oxygen atoms in total. The third-order valence-electron chi connectivity index (χ3n) is 5.99. The molecule has 1 aliphatic heterocycles. The molecule has 116 valence electrons. The summed E-state index contributed by atoms with van der Waals surface area (Å²) in [6.45, 7) is 12.8. The van der Waals surface area contributed by atoms with E-state index in [9.17, 15) is 0 Å². The number of hydrogen-bond donors (Lipinski definition) is 1. The number of nitrogens with one attached hydrogen (secondary N) is 1. The van der Waals surface area contributed by atoms with Gasteiger partial charge in [0.25, 0.3) is 0 Å². The van der Waals surface area contributed by atoms with Gasteiger partial charge in [0.05, 0.1) is 0 Å². The first-order valence-corrected chi connectivity index (χ1v) is 8.51. The molecule has 21 heavy (non-hydrogen) atoms. The second-order valence-electron chi connectivity index (χ2n) is 7.68. The molecular weight excluding hydrogens is 256 g/mol. The Labute approximate surface area is 129 Å². The first-order chi connectivity index (χ1) is 9.97. The predicted octanol–water partition coefficient (Wildman–Crippen LogP) is 3.74. The summed E-state index contributed by atoms with van der Waals surface area (Å²) < 4.78 is 0. The maximum absolute atomic E-state index is 3.85. The topological polar surface area (TPSA) is 15.3 Å². The highest BCUT2D eigenvalue weighted by Crippen LogP contribution is 2.45. The fourth-order valence-electron chi connectivity index (χ4n) is 3.74. The van der Waals surface area contributed by atoms with Gasteiger partial charge in [-0.05, 0) is 57.1 Å². The zero-order valence-electron chi connectivity index (χ0n) is 14.1. The standard InChI is InChI=1S/C19H30N2/c1-5-18(3)14-21(12-16-9-7-6-8-15(16)2)19(4,13-20-18)17-10-11-17/h6-9,17,20H,5,10-14H2,1-4H3. The Morgan fingerprint density at radius 2 is 1.95 bits per heavy atom. The van der Waals surface area contributed by atoms with E-state index in [2.05, 4.69) is 62.2 Å². The van der Waals surface area contributed by atoms with E-state index in [1.807, 2.05) is 0 Å². The summed E-state index contributed by atoms with van der Waals surface area (Å²) in [5.41, 5.74) is 3.51. The highest BCUT2D eigenvalue weighted by Gasteiger charge is 2.50. The smallest absolute Gasteiger partial charge is 0.0338 e. The van der Waals surface area contributed by atoms with Crippen molar-refractivity contribution < 1.29 is 0 Å². The van der Waals surface area contributed by atoms with Crippen molar-refractivity contribution in [1.29, 1.82) is 0 Å². The van der Waals surface area contributed by atoms with Gasteiger partial charge < -0.3 is 5.32 Å². The molecule has 1 N–H and O–H groups in total. The zero-order chi connectivity index (χ0) is 15.1. The molecule has 1 saturated heterocycles. The largest absolute Gasteiger partial charge is 0.308 e. The van der Waals surface area contributed by atoms with Crippen molar-refractivity contribution in [3.8, 4) is 0 Å². The Bertz CT molecular complexity index is 508. The molecule has 0 amide bonds.